The van der Waals surface area contributed by atoms with Crippen molar-refractivity contribution in [2.75, 3.05) is 20.6 Å². The van der Waals surface area contributed by atoms with Gasteiger partial charge in [0.1, 0.15) is 0 Å². The van der Waals surface area contributed by atoms with Crippen LogP contribution >= 0.6 is 11.3 Å². The van der Waals surface area contributed by atoms with Crippen LogP contribution in [0.3, 0.4) is 0 Å². The van der Waals surface area contributed by atoms with Gasteiger partial charge in [0.25, 0.3) is 0 Å². The van der Waals surface area contributed by atoms with E-state index in [9.17, 15) is 0 Å². The third kappa shape index (κ3) is 3.42. The summed E-state index contributed by atoms with van der Waals surface area (Å²) in [5, 5.41) is 7.65. The molecule has 96 valence electrons. The molecule has 0 fully saturated rings. The first-order chi connectivity index (χ1) is 8.81. The third-order valence-electron chi connectivity index (χ3n) is 3.13. The molecule has 1 aromatic carbocycles. The minimum absolute atomic E-state index is 0.413. The Kier molecular flexibility index (Phi) is 4.93. The SMILES string of the molecule is CNCC(c1ccccc1)N(C)Cc1ccsc1. The van der Waals surface area contributed by atoms with E-state index in [1.54, 1.807) is 11.3 Å². The molecule has 1 heterocycles. The quantitative estimate of drug-likeness (QED) is 0.858. The molecule has 0 amide bonds. The van der Waals surface area contributed by atoms with Crippen molar-refractivity contribution < 1.29 is 0 Å². The van der Waals surface area contributed by atoms with Crippen LogP contribution in [0.1, 0.15) is 17.2 Å². The van der Waals surface area contributed by atoms with Crippen LogP contribution in [0.15, 0.2) is 47.2 Å². The molecule has 0 aliphatic carbocycles. The Balaban J connectivity index is 2.09. The Labute approximate surface area is 113 Å². The van der Waals surface area contributed by atoms with Crippen LogP contribution in [-0.4, -0.2) is 25.5 Å². The molecule has 3 heteroatoms. The van der Waals surface area contributed by atoms with Gasteiger partial charge in [0.2, 0.25) is 0 Å². The van der Waals surface area contributed by atoms with Gasteiger partial charge in [0.15, 0.2) is 0 Å². The van der Waals surface area contributed by atoms with Gasteiger partial charge in [-0.25, -0.2) is 0 Å². The Morgan fingerprint density at radius 2 is 2.00 bits per heavy atom. The van der Waals surface area contributed by atoms with Gasteiger partial charge in [0, 0.05) is 19.1 Å². The van der Waals surface area contributed by atoms with E-state index >= 15 is 0 Å². The number of nitrogens with one attached hydrogen (secondary N) is 1. The van der Waals surface area contributed by atoms with Crippen LogP contribution in [-0.2, 0) is 6.54 Å². The van der Waals surface area contributed by atoms with Crippen molar-refractivity contribution in [2.24, 2.45) is 0 Å². The fraction of sp³-hybridized carbons (Fsp3) is 0.333. The van der Waals surface area contributed by atoms with Crippen molar-refractivity contribution in [2.45, 2.75) is 12.6 Å². The summed E-state index contributed by atoms with van der Waals surface area (Å²) in [7, 11) is 4.20. The van der Waals surface area contributed by atoms with Crippen molar-refractivity contribution in [3.63, 3.8) is 0 Å². The minimum Gasteiger partial charge on any atom is -0.318 e. The molecule has 0 saturated carbocycles. The number of hydrogen-bond acceptors (Lipinski definition) is 3. The Morgan fingerprint density at radius 1 is 1.22 bits per heavy atom. The Bertz CT molecular complexity index is 439. The van der Waals surface area contributed by atoms with Crippen molar-refractivity contribution >= 4 is 11.3 Å². The maximum Gasteiger partial charge on any atom is 0.0473 e. The van der Waals surface area contributed by atoms with E-state index in [1.807, 2.05) is 7.05 Å². The lowest BCUT2D eigenvalue weighted by atomic mass is 10.1. The zero-order valence-electron chi connectivity index (χ0n) is 11.0. The molecule has 0 radical (unpaired) electrons. The maximum atomic E-state index is 3.29. The molecule has 0 bridgehead atoms. The van der Waals surface area contributed by atoms with Crippen LogP contribution in [0.4, 0.5) is 0 Å². The summed E-state index contributed by atoms with van der Waals surface area (Å²) in [6.07, 6.45) is 0. The summed E-state index contributed by atoms with van der Waals surface area (Å²) in [4.78, 5) is 2.40. The molecule has 1 atom stereocenters. The molecular weight excluding hydrogens is 240 g/mol. The predicted octanol–water partition coefficient (Wildman–Crippen LogP) is 3.14. The van der Waals surface area contributed by atoms with E-state index < -0.39 is 0 Å². The number of nitrogens with zero attached hydrogens (tertiary/aromatic N) is 1. The van der Waals surface area contributed by atoms with Crippen LogP contribution in [0.2, 0.25) is 0 Å². The highest BCUT2D eigenvalue weighted by atomic mass is 32.1. The predicted molar refractivity (Wildman–Crippen MR) is 78.9 cm³/mol. The fourth-order valence-electron chi connectivity index (χ4n) is 2.18. The first-order valence-corrected chi connectivity index (χ1v) is 7.16. The fourth-order valence-corrected chi connectivity index (χ4v) is 2.84. The first kappa shape index (κ1) is 13.3. The van der Waals surface area contributed by atoms with Crippen LogP contribution in [0, 0.1) is 0 Å². The number of likely N-dealkylation sites (N-methyl/N-ethyl adjacent to an activating group) is 2. The van der Waals surface area contributed by atoms with Gasteiger partial charge in [0.05, 0.1) is 0 Å². The van der Waals surface area contributed by atoms with Crippen LogP contribution in [0.25, 0.3) is 0 Å². The minimum atomic E-state index is 0.413. The number of hydrogen-bond donors (Lipinski definition) is 1. The van der Waals surface area contributed by atoms with Crippen molar-refractivity contribution in [3.05, 3.63) is 58.3 Å². The zero-order valence-corrected chi connectivity index (χ0v) is 11.8. The summed E-state index contributed by atoms with van der Waals surface area (Å²) in [5.74, 6) is 0. The topological polar surface area (TPSA) is 15.3 Å². The molecule has 1 unspecified atom stereocenters. The molecule has 0 aliphatic rings. The van der Waals surface area contributed by atoms with Crippen molar-refractivity contribution in [1.82, 2.24) is 10.2 Å². The maximum absolute atomic E-state index is 3.29. The van der Waals surface area contributed by atoms with Crippen molar-refractivity contribution in [1.29, 1.82) is 0 Å². The number of rotatable bonds is 6. The molecule has 18 heavy (non-hydrogen) atoms. The smallest absolute Gasteiger partial charge is 0.0473 e. The van der Waals surface area contributed by atoms with E-state index in [-0.39, 0.29) is 0 Å². The highest BCUT2D eigenvalue weighted by Crippen LogP contribution is 2.21. The van der Waals surface area contributed by atoms with Gasteiger partial charge in [-0.05, 0) is 42.0 Å². The summed E-state index contributed by atoms with van der Waals surface area (Å²) in [6, 6.07) is 13.3. The average Bonchev–Trinajstić information content (AvgIpc) is 2.89. The Hall–Kier alpha value is -1.16. The highest BCUT2D eigenvalue weighted by Gasteiger charge is 2.16. The Morgan fingerprint density at radius 3 is 2.61 bits per heavy atom. The van der Waals surface area contributed by atoms with Crippen LogP contribution in [0.5, 0.6) is 0 Å². The van der Waals surface area contributed by atoms with E-state index in [2.05, 4.69) is 64.4 Å². The van der Waals surface area contributed by atoms with Gasteiger partial charge >= 0.3 is 0 Å². The first-order valence-electron chi connectivity index (χ1n) is 6.22. The van der Waals surface area contributed by atoms with Gasteiger partial charge in [-0.3, -0.25) is 4.90 Å². The molecule has 0 spiro atoms. The largest absolute Gasteiger partial charge is 0.318 e. The zero-order chi connectivity index (χ0) is 12.8. The average molecular weight is 260 g/mol. The monoisotopic (exact) mass is 260 g/mol. The second-order valence-corrected chi connectivity index (χ2v) is 5.31. The van der Waals surface area contributed by atoms with Gasteiger partial charge in [-0.15, -0.1) is 0 Å². The van der Waals surface area contributed by atoms with Gasteiger partial charge in [-0.2, -0.15) is 11.3 Å². The molecule has 1 N–H and O–H groups in total. The lowest BCUT2D eigenvalue weighted by Crippen LogP contribution is -2.31. The van der Waals surface area contributed by atoms with E-state index in [0.717, 1.165) is 13.1 Å². The molecule has 1 aromatic heterocycles. The second-order valence-electron chi connectivity index (χ2n) is 4.53. The second kappa shape index (κ2) is 6.69. The summed E-state index contributed by atoms with van der Waals surface area (Å²) < 4.78 is 0. The molecule has 2 nitrogen and oxygen atoms in total. The molecule has 0 aliphatic heterocycles. The van der Waals surface area contributed by atoms with Crippen LogP contribution < -0.4 is 5.32 Å². The lowest BCUT2D eigenvalue weighted by Gasteiger charge is -2.28. The summed E-state index contributed by atoms with van der Waals surface area (Å²) in [5.41, 5.74) is 2.75. The van der Waals surface area contributed by atoms with E-state index in [4.69, 9.17) is 0 Å². The van der Waals surface area contributed by atoms with Gasteiger partial charge in [-0.1, -0.05) is 30.3 Å². The highest BCUT2D eigenvalue weighted by molar-refractivity contribution is 7.07. The van der Waals surface area contributed by atoms with E-state index in [1.165, 1.54) is 11.1 Å². The third-order valence-corrected chi connectivity index (χ3v) is 3.86. The van der Waals surface area contributed by atoms with Gasteiger partial charge < -0.3 is 5.32 Å². The van der Waals surface area contributed by atoms with Crippen molar-refractivity contribution in [3.8, 4) is 0 Å². The molecule has 0 saturated heterocycles. The summed E-state index contributed by atoms with van der Waals surface area (Å²) in [6.45, 7) is 1.95. The molecular formula is C15H20N2S. The molecule has 2 rings (SSSR count). The number of benzene rings is 1. The summed E-state index contributed by atoms with van der Waals surface area (Å²) >= 11 is 1.76. The molecule has 2 aromatic rings. The lowest BCUT2D eigenvalue weighted by molar-refractivity contribution is 0.233. The van der Waals surface area contributed by atoms with E-state index in [0.29, 0.717) is 6.04 Å². The standard InChI is InChI=1S/C15H20N2S/c1-16-10-15(14-6-4-3-5-7-14)17(2)11-13-8-9-18-12-13/h3-9,12,15-16H,10-11H2,1-2H3. The number of thiophene rings is 1. The normalized spacial score (nSPS) is 12.8.